The molecule has 5 heteroatoms. The number of esters is 1. The number of nitrogens with one attached hydrogen (secondary N) is 1. The van der Waals surface area contributed by atoms with Crippen molar-refractivity contribution in [2.24, 2.45) is 5.92 Å². The number of nitrogens with zero attached hydrogens (tertiary/aromatic N) is 1. The summed E-state index contributed by atoms with van der Waals surface area (Å²) in [5, 5.41) is 4.31. The summed E-state index contributed by atoms with van der Waals surface area (Å²) < 4.78 is 4.69. The average Bonchev–Trinajstić information content (AvgIpc) is 2.87. The van der Waals surface area contributed by atoms with E-state index in [1.165, 1.54) is 50.6 Å². The maximum Gasteiger partial charge on any atom is 0.349 e. The molecule has 2 unspecified atom stereocenters. The zero-order chi connectivity index (χ0) is 13.0. The lowest BCUT2D eigenvalue weighted by atomic mass is 9.83. The van der Waals surface area contributed by atoms with Crippen LogP contribution in [-0.4, -0.2) is 24.1 Å². The molecule has 0 spiro atoms. The molecule has 1 aromatic heterocycles. The zero-order valence-electron chi connectivity index (χ0n) is 10.9. The van der Waals surface area contributed by atoms with Gasteiger partial charge in [-0.15, -0.1) is 0 Å². The monoisotopic (exact) mass is 268 g/mol. The number of methoxy groups -OCH3 is 1. The van der Waals surface area contributed by atoms with Gasteiger partial charge in [0.25, 0.3) is 0 Å². The lowest BCUT2D eigenvalue weighted by molar-refractivity contribution is 0.0606. The van der Waals surface area contributed by atoms with Gasteiger partial charge in [-0.3, -0.25) is 0 Å². The normalized spacial score (nSPS) is 23.7. The molecular formula is C13H20N2O2S. The number of carbonyl (C=O) groups is 1. The van der Waals surface area contributed by atoms with E-state index >= 15 is 0 Å². The SMILES string of the molecule is CCC1CCCCC1Nc1ncc(C(=O)OC)s1. The second-order valence-electron chi connectivity index (χ2n) is 4.72. The highest BCUT2D eigenvalue weighted by Gasteiger charge is 2.24. The van der Waals surface area contributed by atoms with Crippen LogP contribution in [0.1, 0.15) is 48.7 Å². The third kappa shape index (κ3) is 3.02. The Morgan fingerprint density at radius 3 is 3.06 bits per heavy atom. The molecule has 1 fully saturated rings. The minimum atomic E-state index is -0.309. The third-order valence-corrected chi connectivity index (χ3v) is 4.54. The lowest BCUT2D eigenvalue weighted by Crippen LogP contribution is -2.31. The quantitative estimate of drug-likeness (QED) is 0.851. The van der Waals surface area contributed by atoms with Gasteiger partial charge in [0.15, 0.2) is 5.13 Å². The minimum absolute atomic E-state index is 0.309. The lowest BCUT2D eigenvalue weighted by Gasteiger charge is -2.31. The molecule has 0 bridgehead atoms. The van der Waals surface area contributed by atoms with Crippen molar-refractivity contribution in [3.8, 4) is 0 Å². The molecule has 2 rings (SSSR count). The predicted molar refractivity (Wildman–Crippen MR) is 73.1 cm³/mol. The number of thiazole rings is 1. The summed E-state index contributed by atoms with van der Waals surface area (Å²) in [7, 11) is 1.39. The number of anilines is 1. The molecule has 0 aliphatic heterocycles. The van der Waals surface area contributed by atoms with Gasteiger partial charge in [-0.05, 0) is 18.8 Å². The largest absolute Gasteiger partial charge is 0.465 e. The van der Waals surface area contributed by atoms with Crippen LogP contribution in [-0.2, 0) is 4.74 Å². The molecule has 100 valence electrons. The Morgan fingerprint density at radius 1 is 1.56 bits per heavy atom. The summed E-state index contributed by atoms with van der Waals surface area (Å²) in [4.78, 5) is 16.2. The van der Waals surface area contributed by atoms with E-state index in [-0.39, 0.29) is 5.97 Å². The highest BCUT2D eigenvalue weighted by atomic mass is 32.1. The van der Waals surface area contributed by atoms with Crippen molar-refractivity contribution in [3.63, 3.8) is 0 Å². The summed E-state index contributed by atoms with van der Waals surface area (Å²) in [5.74, 6) is 0.417. The number of ether oxygens (including phenoxy) is 1. The second kappa shape index (κ2) is 6.18. The van der Waals surface area contributed by atoms with Crippen LogP contribution in [0.4, 0.5) is 5.13 Å². The molecule has 4 nitrogen and oxygen atoms in total. The number of rotatable bonds is 4. The van der Waals surface area contributed by atoms with E-state index in [1.54, 1.807) is 6.20 Å². The molecule has 0 saturated heterocycles. The topological polar surface area (TPSA) is 51.2 Å². The predicted octanol–water partition coefficient (Wildman–Crippen LogP) is 3.31. The van der Waals surface area contributed by atoms with Crippen LogP contribution in [0.15, 0.2) is 6.20 Å². The molecule has 1 N–H and O–H groups in total. The van der Waals surface area contributed by atoms with E-state index in [0.717, 1.165) is 11.0 Å². The fraction of sp³-hybridized carbons (Fsp3) is 0.692. The molecule has 18 heavy (non-hydrogen) atoms. The summed E-state index contributed by atoms with van der Waals surface area (Å²) in [6.45, 7) is 2.24. The van der Waals surface area contributed by atoms with Crippen molar-refractivity contribution in [1.82, 2.24) is 4.98 Å². The Bertz CT molecular complexity index is 405. The van der Waals surface area contributed by atoms with E-state index < -0.39 is 0 Å². The molecule has 0 aromatic carbocycles. The van der Waals surface area contributed by atoms with Gasteiger partial charge >= 0.3 is 5.97 Å². The molecule has 1 aliphatic rings. The smallest absolute Gasteiger partial charge is 0.349 e. The van der Waals surface area contributed by atoms with Gasteiger partial charge in [0.1, 0.15) is 4.88 Å². The van der Waals surface area contributed by atoms with Crippen LogP contribution in [0.2, 0.25) is 0 Å². The van der Waals surface area contributed by atoms with Gasteiger partial charge in [0, 0.05) is 6.04 Å². The van der Waals surface area contributed by atoms with Gasteiger partial charge in [0.05, 0.1) is 13.3 Å². The average molecular weight is 268 g/mol. The van der Waals surface area contributed by atoms with Gasteiger partial charge in [-0.25, -0.2) is 9.78 Å². The van der Waals surface area contributed by atoms with Crippen molar-refractivity contribution in [2.45, 2.75) is 45.1 Å². The van der Waals surface area contributed by atoms with Crippen LogP contribution in [0.3, 0.4) is 0 Å². The Labute approximate surface area is 112 Å². The third-order valence-electron chi connectivity index (χ3n) is 3.63. The van der Waals surface area contributed by atoms with Gasteiger partial charge in [0.2, 0.25) is 0 Å². The maximum absolute atomic E-state index is 11.4. The van der Waals surface area contributed by atoms with Crippen LogP contribution in [0, 0.1) is 5.92 Å². The van der Waals surface area contributed by atoms with E-state index in [0.29, 0.717) is 10.9 Å². The first-order chi connectivity index (χ1) is 8.74. The number of hydrogen-bond acceptors (Lipinski definition) is 5. The first kappa shape index (κ1) is 13.3. The fourth-order valence-electron chi connectivity index (χ4n) is 2.58. The van der Waals surface area contributed by atoms with Crippen molar-refractivity contribution in [3.05, 3.63) is 11.1 Å². The highest BCUT2D eigenvalue weighted by Crippen LogP contribution is 2.30. The first-order valence-electron chi connectivity index (χ1n) is 6.55. The van der Waals surface area contributed by atoms with Crippen molar-refractivity contribution >= 4 is 22.4 Å². The summed E-state index contributed by atoms with van der Waals surface area (Å²) in [6.07, 6.45) is 7.90. The first-order valence-corrected chi connectivity index (χ1v) is 7.37. The summed E-state index contributed by atoms with van der Waals surface area (Å²) in [6, 6.07) is 0.500. The Balaban J connectivity index is 1.99. The van der Waals surface area contributed by atoms with Gasteiger partial charge in [-0.1, -0.05) is 37.5 Å². The standard InChI is InChI=1S/C13H20N2O2S/c1-3-9-6-4-5-7-10(9)15-13-14-8-11(18-13)12(16)17-2/h8-10H,3-7H2,1-2H3,(H,14,15). The molecular weight excluding hydrogens is 248 g/mol. The van der Waals surface area contributed by atoms with Crippen LogP contribution < -0.4 is 5.32 Å². The van der Waals surface area contributed by atoms with Crippen LogP contribution >= 0.6 is 11.3 Å². The van der Waals surface area contributed by atoms with Crippen molar-refractivity contribution in [2.75, 3.05) is 12.4 Å². The molecule has 0 amide bonds. The number of carbonyl (C=O) groups excluding carboxylic acids is 1. The van der Waals surface area contributed by atoms with Crippen molar-refractivity contribution in [1.29, 1.82) is 0 Å². The van der Waals surface area contributed by atoms with E-state index in [1.807, 2.05) is 0 Å². The highest BCUT2D eigenvalue weighted by molar-refractivity contribution is 7.17. The zero-order valence-corrected chi connectivity index (χ0v) is 11.8. The Kier molecular flexibility index (Phi) is 4.58. The molecule has 1 aliphatic carbocycles. The Morgan fingerprint density at radius 2 is 2.33 bits per heavy atom. The molecule has 2 atom stereocenters. The number of hydrogen-bond donors (Lipinski definition) is 1. The maximum atomic E-state index is 11.4. The van der Waals surface area contributed by atoms with Crippen molar-refractivity contribution < 1.29 is 9.53 Å². The van der Waals surface area contributed by atoms with Crippen LogP contribution in [0.25, 0.3) is 0 Å². The second-order valence-corrected chi connectivity index (χ2v) is 5.76. The van der Waals surface area contributed by atoms with Gasteiger partial charge < -0.3 is 10.1 Å². The van der Waals surface area contributed by atoms with Gasteiger partial charge in [-0.2, -0.15) is 0 Å². The molecule has 0 radical (unpaired) electrons. The van der Waals surface area contributed by atoms with E-state index in [2.05, 4.69) is 22.0 Å². The Hall–Kier alpha value is -1.10. The number of aromatic nitrogens is 1. The minimum Gasteiger partial charge on any atom is -0.465 e. The van der Waals surface area contributed by atoms with E-state index in [9.17, 15) is 4.79 Å². The summed E-state index contributed by atoms with van der Waals surface area (Å²) >= 11 is 1.37. The van der Waals surface area contributed by atoms with E-state index in [4.69, 9.17) is 0 Å². The molecule has 1 heterocycles. The van der Waals surface area contributed by atoms with Crippen LogP contribution in [0.5, 0.6) is 0 Å². The summed E-state index contributed by atoms with van der Waals surface area (Å²) in [5.41, 5.74) is 0. The molecule has 1 saturated carbocycles. The molecule has 1 aromatic rings. The fourth-order valence-corrected chi connectivity index (χ4v) is 3.38.